The number of alkyl halides is 3. The van der Waals surface area contributed by atoms with Crippen molar-refractivity contribution in [3.63, 3.8) is 0 Å². The van der Waals surface area contributed by atoms with Crippen molar-refractivity contribution in [2.45, 2.75) is 50.2 Å². The van der Waals surface area contributed by atoms with Crippen molar-refractivity contribution < 1.29 is 42.1 Å². The average molecular weight is 571 g/mol. The first-order valence-corrected chi connectivity index (χ1v) is 12.9. The van der Waals surface area contributed by atoms with Gasteiger partial charge in [0, 0.05) is 5.92 Å². The van der Waals surface area contributed by atoms with Gasteiger partial charge in [0.1, 0.15) is 12.6 Å². The molecule has 11 heteroatoms. The number of carbonyl (C=O) groups is 3. The lowest BCUT2D eigenvalue weighted by molar-refractivity contribution is -0.152. The predicted molar refractivity (Wildman–Crippen MR) is 143 cm³/mol. The van der Waals surface area contributed by atoms with Crippen LogP contribution in [0.15, 0.2) is 78.9 Å². The van der Waals surface area contributed by atoms with Crippen molar-refractivity contribution in [3.05, 3.63) is 95.6 Å². The number of carbonyl (C=O) groups excluding carboxylic acids is 2. The van der Waals surface area contributed by atoms with Crippen LogP contribution in [0.25, 0.3) is 11.1 Å². The van der Waals surface area contributed by atoms with Crippen LogP contribution in [0.2, 0.25) is 0 Å². The number of alkyl carbamates (subject to hydrolysis) is 1. The highest BCUT2D eigenvalue weighted by molar-refractivity contribution is 5.89. The van der Waals surface area contributed by atoms with Crippen molar-refractivity contribution in [1.29, 1.82) is 0 Å². The molecular formula is C30H29F3N2O6. The summed E-state index contributed by atoms with van der Waals surface area (Å²) < 4.78 is 50.8. The standard InChI is InChI=1S/C30H29F3N2O6/c1-18(40-16-19-9-3-2-4-10-19)26(28(37)38)35-27(36)25(15-30(31,32)33)34-29(39)41-17-24-22-13-7-5-11-20(22)21-12-6-8-14-23(21)24/h2-14,18,24-26H,15-17H2,1H3,(H,34,39)(H,35,36)(H,37,38)/t18-,25?,26+/m0/s1. The first-order chi connectivity index (χ1) is 19.5. The lowest BCUT2D eigenvalue weighted by atomic mass is 9.98. The minimum atomic E-state index is -4.84. The molecule has 0 radical (unpaired) electrons. The fourth-order valence-corrected chi connectivity index (χ4v) is 4.75. The third-order valence-corrected chi connectivity index (χ3v) is 6.78. The van der Waals surface area contributed by atoms with Crippen molar-refractivity contribution in [3.8, 4) is 11.1 Å². The second-order valence-corrected chi connectivity index (χ2v) is 9.67. The van der Waals surface area contributed by atoms with Gasteiger partial charge >= 0.3 is 18.2 Å². The Hall–Kier alpha value is -4.38. The van der Waals surface area contributed by atoms with Gasteiger partial charge in [0.25, 0.3) is 0 Å². The maximum absolute atomic E-state index is 13.3. The zero-order valence-electron chi connectivity index (χ0n) is 22.1. The molecule has 1 aliphatic rings. The molecule has 4 rings (SSSR count). The molecule has 8 nitrogen and oxygen atoms in total. The van der Waals surface area contributed by atoms with Gasteiger partial charge in [-0.05, 0) is 34.7 Å². The molecule has 3 N–H and O–H groups in total. The summed E-state index contributed by atoms with van der Waals surface area (Å²) in [7, 11) is 0. The van der Waals surface area contributed by atoms with E-state index in [1.807, 2.05) is 53.8 Å². The molecule has 0 aromatic heterocycles. The number of nitrogens with one attached hydrogen (secondary N) is 2. The third kappa shape index (κ3) is 7.63. The minimum Gasteiger partial charge on any atom is -0.480 e. The lowest BCUT2D eigenvalue weighted by Gasteiger charge is -2.25. The maximum Gasteiger partial charge on any atom is 0.407 e. The van der Waals surface area contributed by atoms with Crippen LogP contribution in [0.3, 0.4) is 0 Å². The van der Waals surface area contributed by atoms with Crippen LogP contribution in [-0.4, -0.2) is 54.0 Å². The highest BCUT2D eigenvalue weighted by atomic mass is 19.4. The van der Waals surface area contributed by atoms with Gasteiger partial charge in [-0.25, -0.2) is 9.59 Å². The van der Waals surface area contributed by atoms with Gasteiger partial charge in [0.15, 0.2) is 6.04 Å². The average Bonchev–Trinajstić information content (AvgIpc) is 3.26. The van der Waals surface area contributed by atoms with Crippen LogP contribution in [0.5, 0.6) is 0 Å². The minimum absolute atomic E-state index is 0.0195. The number of carboxylic acids is 1. The monoisotopic (exact) mass is 570 g/mol. The summed E-state index contributed by atoms with van der Waals surface area (Å²) in [5, 5.41) is 13.7. The van der Waals surface area contributed by atoms with Crippen LogP contribution in [0, 0.1) is 0 Å². The molecule has 1 unspecified atom stereocenters. The van der Waals surface area contributed by atoms with Gasteiger partial charge in [0.05, 0.1) is 19.1 Å². The van der Waals surface area contributed by atoms with E-state index in [2.05, 4.69) is 5.32 Å². The fraction of sp³-hybridized carbons (Fsp3) is 0.300. The van der Waals surface area contributed by atoms with E-state index in [1.54, 1.807) is 30.3 Å². The van der Waals surface area contributed by atoms with E-state index in [-0.39, 0.29) is 19.1 Å². The number of fused-ring (bicyclic) bond motifs is 3. The van der Waals surface area contributed by atoms with E-state index in [1.165, 1.54) is 6.92 Å². The van der Waals surface area contributed by atoms with Crippen LogP contribution < -0.4 is 10.6 Å². The van der Waals surface area contributed by atoms with Crippen molar-refractivity contribution in [2.24, 2.45) is 0 Å². The van der Waals surface area contributed by atoms with E-state index < -0.39 is 48.8 Å². The fourth-order valence-electron chi connectivity index (χ4n) is 4.75. The molecule has 0 saturated heterocycles. The van der Waals surface area contributed by atoms with Crippen molar-refractivity contribution >= 4 is 18.0 Å². The van der Waals surface area contributed by atoms with E-state index in [0.717, 1.165) is 27.8 Å². The normalized spacial score (nSPS) is 14.7. The Kier molecular flexibility index (Phi) is 9.28. The molecule has 0 spiro atoms. The quantitative estimate of drug-likeness (QED) is 0.298. The summed E-state index contributed by atoms with van der Waals surface area (Å²) >= 11 is 0. The molecule has 216 valence electrons. The van der Waals surface area contributed by atoms with Gasteiger partial charge in [-0.15, -0.1) is 0 Å². The molecule has 3 aromatic carbocycles. The number of aliphatic carboxylic acids is 1. The van der Waals surface area contributed by atoms with E-state index in [4.69, 9.17) is 9.47 Å². The van der Waals surface area contributed by atoms with Crippen molar-refractivity contribution in [2.75, 3.05) is 6.61 Å². The lowest BCUT2D eigenvalue weighted by Crippen LogP contribution is -2.56. The van der Waals surface area contributed by atoms with Crippen LogP contribution >= 0.6 is 0 Å². The molecule has 0 fully saturated rings. The number of halogens is 3. The molecule has 2 amide bonds. The summed E-state index contributed by atoms with van der Waals surface area (Å²) in [4.78, 5) is 37.3. The molecule has 41 heavy (non-hydrogen) atoms. The predicted octanol–water partition coefficient (Wildman–Crippen LogP) is 5.02. The second kappa shape index (κ2) is 12.9. The second-order valence-electron chi connectivity index (χ2n) is 9.67. The molecule has 0 aliphatic heterocycles. The van der Waals surface area contributed by atoms with Crippen LogP contribution in [0.1, 0.15) is 36.0 Å². The van der Waals surface area contributed by atoms with E-state index in [9.17, 15) is 32.7 Å². The number of hydrogen-bond donors (Lipinski definition) is 3. The van der Waals surface area contributed by atoms with Gasteiger partial charge in [-0.3, -0.25) is 4.79 Å². The number of rotatable bonds is 11. The Labute approximate surface area is 234 Å². The van der Waals surface area contributed by atoms with Crippen LogP contribution in [0.4, 0.5) is 18.0 Å². The summed E-state index contributed by atoms with van der Waals surface area (Å²) in [5.74, 6) is -3.19. The summed E-state index contributed by atoms with van der Waals surface area (Å²) in [6.45, 7) is 1.22. The Bertz CT molecular complexity index is 1340. The Balaban J connectivity index is 1.40. The number of ether oxygens (including phenoxy) is 2. The van der Waals surface area contributed by atoms with Crippen molar-refractivity contribution in [1.82, 2.24) is 10.6 Å². The molecule has 1 aliphatic carbocycles. The van der Waals surface area contributed by atoms with Gasteiger partial charge < -0.3 is 25.2 Å². The molecule has 0 bridgehead atoms. The van der Waals surface area contributed by atoms with E-state index >= 15 is 0 Å². The first-order valence-electron chi connectivity index (χ1n) is 12.9. The van der Waals surface area contributed by atoms with E-state index in [0.29, 0.717) is 0 Å². The molecule has 0 heterocycles. The SMILES string of the molecule is C[C@H](OCc1ccccc1)[C@@H](NC(=O)C(CC(F)(F)F)NC(=O)OCC1c2ccccc2-c2ccccc21)C(=O)O. The summed E-state index contributed by atoms with van der Waals surface area (Å²) in [5.41, 5.74) is 4.48. The zero-order chi connectivity index (χ0) is 29.6. The van der Waals surface area contributed by atoms with Gasteiger partial charge in [0.2, 0.25) is 5.91 Å². The summed E-state index contributed by atoms with van der Waals surface area (Å²) in [6, 6.07) is 20.1. The smallest absolute Gasteiger partial charge is 0.407 e. The number of amides is 2. The number of hydrogen-bond acceptors (Lipinski definition) is 5. The number of benzene rings is 3. The largest absolute Gasteiger partial charge is 0.480 e. The topological polar surface area (TPSA) is 114 Å². The molecule has 3 atom stereocenters. The maximum atomic E-state index is 13.3. The third-order valence-electron chi connectivity index (χ3n) is 6.78. The first kappa shape index (κ1) is 29.6. The zero-order valence-corrected chi connectivity index (χ0v) is 22.1. The highest BCUT2D eigenvalue weighted by Crippen LogP contribution is 2.44. The molecule has 0 saturated carbocycles. The van der Waals surface area contributed by atoms with Gasteiger partial charge in [-0.1, -0.05) is 78.9 Å². The Morgan fingerprint density at radius 3 is 2.00 bits per heavy atom. The highest BCUT2D eigenvalue weighted by Gasteiger charge is 2.39. The van der Waals surface area contributed by atoms with Crippen LogP contribution in [-0.2, 0) is 25.7 Å². The van der Waals surface area contributed by atoms with Gasteiger partial charge in [-0.2, -0.15) is 13.2 Å². The Morgan fingerprint density at radius 2 is 1.44 bits per heavy atom. The number of carboxylic acid groups (broad SMARTS) is 1. The Morgan fingerprint density at radius 1 is 0.878 bits per heavy atom. The molecular weight excluding hydrogens is 541 g/mol. The molecule has 3 aromatic rings. The summed E-state index contributed by atoms with van der Waals surface area (Å²) in [6.07, 6.45) is -8.91.